The second-order valence-corrected chi connectivity index (χ2v) is 5.99. The van der Waals surface area contributed by atoms with E-state index in [-0.39, 0.29) is 11.5 Å². The first-order valence-corrected chi connectivity index (χ1v) is 8.06. The number of fused-ring (bicyclic) bond motifs is 1. The minimum atomic E-state index is -0.123. The van der Waals surface area contributed by atoms with Gasteiger partial charge in [-0.15, -0.1) is 0 Å². The maximum atomic E-state index is 12.2. The Bertz CT molecular complexity index is 957. The van der Waals surface area contributed by atoms with Gasteiger partial charge < -0.3 is 10.3 Å². The van der Waals surface area contributed by atoms with Crippen LogP contribution in [0.15, 0.2) is 53.3 Å². The van der Waals surface area contributed by atoms with Crippen molar-refractivity contribution in [2.75, 3.05) is 5.32 Å². The van der Waals surface area contributed by atoms with Gasteiger partial charge in [0.05, 0.1) is 11.9 Å². The Morgan fingerprint density at radius 1 is 1.12 bits per heavy atom. The van der Waals surface area contributed by atoms with Crippen LogP contribution >= 0.6 is 0 Å². The van der Waals surface area contributed by atoms with E-state index >= 15 is 0 Å². The van der Waals surface area contributed by atoms with E-state index in [0.29, 0.717) is 12.1 Å². The van der Waals surface area contributed by atoms with Crippen LogP contribution in [0.2, 0.25) is 0 Å². The van der Waals surface area contributed by atoms with Crippen LogP contribution in [0, 0.1) is 6.92 Å². The molecule has 4 heteroatoms. The summed E-state index contributed by atoms with van der Waals surface area (Å²) in [5, 5.41) is 3.91. The number of carbonyl (C=O) groups is 1. The van der Waals surface area contributed by atoms with E-state index in [1.54, 1.807) is 6.07 Å². The Morgan fingerprint density at radius 3 is 2.71 bits per heavy atom. The van der Waals surface area contributed by atoms with Crippen LogP contribution in [-0.2, 0) is 17.6 Å². The number of aryl methyl sites for hydroxylation is 2. The summed E-state index contributed by atoms with van der Waals surface area (Å²) in [5.41, 5.74) is 4.43. The van der Waals surface area contributed by atoms with E-state index in [4.69, 9.17) is 0 Å². The molecule has 122 valence electrons. The largest absolute Gasteiger partial charge is 0.326 e. The molecule has 1 aromatic heterocycles. The third-order valence-electron chi connectivity index (χ3n) is 4.04. The highest BCUT2D eigenvalue weighted by Gasteiger charge is 2.07. The topological polar surface area (TPSA) is 62.0 Å². The molecular formula is C20H20N2O2. The number of hydrogen-bond acceptors (Lipinski definition) is 2. The number of amides is 1. The number of aromatic amines is 1. The van der Waals surface area contributed by atoms with Crippen LogP contribution < -0.4 is 10.9 Å². The zero-order chi connectivity index (χ0) is 17.1. The van der Waals surface area contributed by atoms with Crippen LogP contribution in [0.4, 0.5) is 5.69 Å². The summed E-state index contributed by atoms with van der Waals surface area (Å²) in [5.74, 6) is -0.0751. The molecule has 4 nitrogen and oxygen atoms in total. The molecule has 0 saturated carbocycles. The summed E-state index contributed by atoms with van der Waals surface area (Å²) in [4.78, 5) is 26.8. The highest BCUT2D eigenvalue weighted by Crippen LogP contribution is 2.20. The average Bonchev–Trinajstić information content (AvgIpc) is 2.53. The molecule has 0 fully saturated rings. The molecule has 24 heavy (non-hydrogen) atoms. The fraction of sp³-hybridized carbons (Fsp3) is 0.200. The zero-order valence-corrected chi connectivity index (χ0v) is 13.8. The lowest BCUT2D eigenvalue weighted by Crippen LogP contribution is -2.14. The normalized spacial score (nSPS) is 10.8. The first-order valence-electron chi connectivity index (χ1n) is 8.06. The summed E-state index contributed by atoms with van der Waals surface area (Å²) >= 11 is 0. The molecule has 0 atom stereocenters. The molecular weight excluding hydrogens is 300 g/mol. The molecule has 0 aliphatic heterocycles. The Morgan fingerprint density at radius 2 is 1.96 bits per heavy atom. The van der Waals surface area contributed by atoms with E-state index in [9.17, 15) is 9.59 Å². The first kappa shape index (κ1) is 16.0. The lowest BCUT2D eigenvalue weighted by molar-refractivity contribution is -0.115. The predicted octanol–water partition coefficient (Wildman–Crippen LogP) is 3.58. The molecule has 2 aromatic carbocycles. The van der Waals surface area contributed by atoms with Crippen LogP contribution in [0.3, 0.4) is 0 Å². The fourth-order valence-corrected chi connectivity index (χ4v) is 2.92. The van der Waals surface area contributed by atoms with E-state index in [1.807, 2.05) is 56.3 Å². The SMILES string of the molecule is CCc1cc(=O)[nH]c2cc(NC(=O)Cc3cccc(C)c3)ccc12. The lowest BCUT2D eigenvalue weighted by atomic mass is 10.1. The smallest absolute Gasteiger partial charge is 0.248 e. The summed E-state index contributed by atoms with van der Waals surface area (Å²) in [6.45, 7) is 4.03. The van der Waals surface area contributed by atoms with E-state index in [0.717, 1.165) is 34.0 Å². The van der Waals surface area contributed by atoms with Crippen molar-refractivity contribution in [2.24, 2.45) is 0 Å². The third-order valence-corrected chi connectivity index (χ3v) is 4.04. The minimum absolute atomic E-state index is 0.0751. The molecule has 1 amide bonds. The van der Waals surface area contributed by atoms with Crippen LogP contribution in [0.1, 0.15) is 23.6 Å². The van der Waals surface area contributed by atoms with Crippen molar-refractivity contribution in [1.29, 1.82) is 0 Å². The van der Waals surface area contributed by atoms with Gasteiger partial charge in [-0.2, -0.15) is 0 Å². The lowest BCUT2D eigenvalue weighted by Gasteiger charge is -2.09. The van der Waals surface area contributed by atoms with Crippen molar-refractivity contribution in [3.63, 3.8) is 0 Å². The van der Waals surface area contributed by atoms with Crippen molar-refractivity contribution in [2.45, 2.75) is 26.7 Å². The molecule has 0 unspecified atom stereocenters. The van der Waals surface area contributed by atoms with Gasteiger partial charge in [-0.1, -0.05) is 42.8 Å². The summed E-state index contributed by atoms with van der Waals surface area (Å²) in [6, 6.07) is 15.1. The highest BCUT2D eigenvalue weighted by atomic mass is 16.1. The van der Waals surface area contributed by atoms with Crippen LogP contribution in [-0.4, -0.2) is 10.9 Å². The minimum Gasteiger partial charge on any atom is -0.326 e. The number of pyridine rings is 1. The van der Waals surface area contributed by atoms with Crippen molar-refractivity contribution >= 4 is 22.5 Å². The summed E-state index contributed by atoms with van der Waals surface area (Å²) in [7, 11) is 0. The monoisotopic (exact) mass is 320 g/mol. The average molecular weight is 320 g/mol. The van der Waals surface area contributed by atoms with Crippen LogP contribution in [0.25, 0.3) is 10.9 Å². The quantitative estimate of drug-likeness (QED) is 0.772. The molecule has 0 saturated heterocycles. The Labute approximate surface area is 140 Å². The van der Waals surface area contributed by atoms with E-state index in [1.165, 1.54) is 0 Å². The first-order chi connectivity index (χ1) is 11.5. The molecule has 0 spiro atoms. The fourth-order valence-electron chi connectivity index (χ4n) is 2.92. The van der Waals surface area contributed by atoms with Gasteiger partial charge in [0.2, 0.25) is 11.5 Å². The number of rotatable bonds is 4. The second-order valence-electron chi connectivity index (χ2n) is 5.99. The van der Waals surface area contributed by atoms with Gasteiger partial charge in [-0.05, 0) is 36.6 Å². The maximum absolute atomic E-state index is 12.2. The Kier molecular flexibility index (Phi) is 4.47. The van der Waals surface area contributed by atoms with Crippen molar-refractivity contribution in [3.05, 3.63) is 75.6 Å². The Balaban J connectivity index is 1.82. The molecule has 0 radical (unpaired) electrons. The van der Waals surface area contributed by atoms with Gasteiger partial charge in [0.25, 0.3) is 0 Å². The number of benzene rings is 2. The molecule has 0 aliphatic carbocycles. The van der Waals surface area contributed by atoms with Gasteiger partial charge in [0.15, 0.2) is 0 Å². The van der Waals surface area contributed by atoms with Gasteiger partial charge in [0, 0.05) is 17.1 Å². The molecule has 2 N–H and O–H groups in total. The molecule has 0 bridgehead atoms. The van der Waals surface area contributed by atoms with Gasteiger partial charge in [0.1, 0.15) is 0 Å². The van der Waals surface area contributed by atoms with E-state index < -0.39 is 0 Å². The van der Waals surface area contributed by atoms with Gasteiger partial charge >= 0.3 is 0 Å². The summed E-state index contributed by atoms with van der Waals surface area (Å²) < 4.78 is 0. The van der Waals surface area contributed by atoms with Crippen molar-refractivity contribution in [1.82, 2.24) is 4.98 Å². The highest BCUT2D eigenvalue weighted by molar-refractivity contribution is 5.95. The van der Waals surface area contributed by atoms with Crippen LogP contribution in [0.5, 0.6) is 0 Å². The number of nitrogens with one attached hydrogen (secondary N) is 2. The number of carbonyl (C=O) groups excluding carboxylic acids is 1. The number of anilines is 1. The second kappa shape index (κ2) is 6.71. The number of hydrogen-bond donors (Lipinski definition) is 2. The van der Waals surface area contributed by atoms with Gasteiger partial charge in [-0.25, -0.2) is 0 Å². The molecule has 3 aromatic rings. The van der Waals surface area contributed by atoms with Crippen molar-refractivity contribution < 1.29 is 4.79 Å². The predicted molar refractivity (Wildman–Crippen MR) is 97.5 cm³/mol. The maximum Gasteiger partial charge on any atom is 0.248 e. The zero-order valence-electron chi connectivity index (χ0n) is 13.8. The molecule has 0 aliphatic rings. The van der Waals surface area contributed by atoms with E-state index in [2.05, 4.69) is 10.3 Å². The molecule has 3 rings (SSSR count). The van der Waals surface area contributed by atoms with Gasteiger partial charge in [-0.3, -0.25) is 9.59 Å². The number of H-pyrrole nitrogens is 1. The molecule has 1 heterocycles. The third kappa shape index (κ3) is 3.54. The number of aromatic nitrogens is 1. The summed E-state index contributed by atoms with van der Waals surface area (Å²) in [6.07, 6.45) is 1.12. The Hall–Kier alpha value is -2.88. The standard InChI is InChI=1S/C20H20N2O2/c1-3-15-11-20(24)22-18-12-16(7-8-17(15)18)21-19(23)10-14-6-4-5-13(2)9-14/h4-9,11-12H,3,10H2,1-2H3,(H,21,23)(H,22,24). The van der Waals surface area contributed by atoms with Crippen molar-refractivity contribution in [3.8, 4) is 0 Å².